The number of carbonyl (C=O) groups is 2. The number of methoxy groups -OCH3 is 2. The predicted octanol–water partition coefficient (Wildman–Crippen LogP) is 3.22. The van der Waals surface area contributed by atoms with E-state index in [4.69, 9.17) is 9.47 Å². The molecule has 0 aromatic heterocycles. The van der Waals surface area contributed by atoms with Crippen molar-refractivity contribution < 1.29 is 19.1 Å². The van der Waals surface area contributed by atoms with Crippen molar-refractivity contribution in [3.8, 4) is 5.75 Å². The van der Waals surface area contributed by atoms with E-state index in [1.54, 1.807) is 12.0 Å². The molecular weight excluding hydrogens is 332 g/mol. The first kappa shape index (κ1) is 20.1. The summed E-state index contributed by atoms with van der Waals surface area (Å²) in [7, 11) is 3.03. The predicted molar refractivity (Wildman–Crippen MR) is 101 cm³/mol. The van der Waals surface area contributed by atoms with E-state index in [2.05, 4.69) is 20.8 Å². The van der Waals surface area contributed by atoms with Gasteiger partial charge in [0.15, 0.2) is 0 Å². The highest BCUT2D eigenvalue weighted by molar-refractivity contribution is 5.96. The molecule has 1 aliphatic heterocycles. The topological polar surface area (TPSA) is 59.1 Å². The standard InChI is InChI=1S/C20H30N2O4/c1-14-12-17(25-5)16(20(2,3)4)13-15(14)18(23)21-8-7-9-22(11-10-21)19(24)26-6/h12-13H,7-11H2,1-6H3. The number of hydrogen-bond donors (Lipinski definition) is 0. The molecule has 0 bridgehead atoms. The fourth-order valence-corrected chi connectivity index (χ4v) is 3.27. The van der Waals surface area contributed by atoms with Crippen LogP contribution in [0.3, 0.4) is 0 Å². The van der Waals surface area contributed by atoms with Gasteiger partial charge in [-0.2, -0.15) is 0 Å². The number of hydrogen-bond acceptors (Lipinski definition) is 4. The van der Waals surface area contributed by atoms with Gasteiger partial charge in [-0.1, -0.05) is 20.8 Å². The van der Waals surface area contributed by atoms with E-state index in [1.807, 2.05) is 24.0 Å². The highest BCUT2D eigenvalue weighted by Gasteiger charge is 2.27. The van der Waals surface area contributed by atoms with E-state index >= 15 is 0 Å². The van der Waals surface area contributed by atoms with Crippen LogP contribution in [0.25, 0.3) is 0 Å². The lowest BCUT2D eigenvalue weighted by atomic mass is 9.84. The molecule has 26 heavy (non-hydrogen) atoms. The summed E-state index contributed by atoms with van der Waals surface area (Å²) in [6.45, 7) is 10.5. The van der Waals surface area contributed by atoms with Crippen molar-refractivity contribution in [2.45, 2.75) is 39.5 Å². The second-order valence-electron chi connectivity index (χ2n) is 7.72. The van der Waals surface area contributed by atoms with Gasteiger partial charge in [0, 0.05) is 37.3 Å². The van der Waals surface area contributed by atoms with Gasteiger partial charge in [0.05, 0.1) is 14.2 Å². The van der Waals surface area contributed by atoms with E-state index in [0.29, 0.717) is 31.7 Å². The third kappa shape index (κ3) is 4.29. The maximum Gasteiger partial charge on any atom is 0.409 e. The number of aryl methyl sites for hydroxylation is 1. The van der Waals surface area contributed by atoms with Crippen LogP contribution in [0.2, 0.25) is 0 Å². The number of carbonyl (C=O) groups excluding carboxylic acids is 2. The van der Waals surface area contributed by atoms with E-state index in [-0.39, 0.29) is 17.4 Å². The fourth-order valence-electron chi connectivity index (χ4n) is 3.27. The SMILES string of the molecule is COC(=O)N1CCCN(C(=O)c2cc(C(C)(C)C)c(OC)cc2C)CC1. The minimum atomic E-state index is -0.338. The minimum absolute atomic E-state index is 0.00219. The van der Waals surface area contributed by atoms with Crippen LogP contribution >= 0.6 is 0 Å². The molecular formula is C20H30N2O4. The molecule has 1 saturated heterocycles. The lowest BCUT2D eigenvalue weighted by Gasteiger charge is -2.26. The number of nitrogens with zero attached hydrogens (tertiary/aromatic N) is 2. The first-order chi connectivity index (χ1) is 12.2. The monoisotopic (exact) mass is 362 g/mol. The summed E-state index contributed by atoms with van der Waals surface area (Å²) in [5, 5.41) is 0. The van der Waals surface area contributed by atoms with Crippen LogP contribution in [0.1, 0.15) is 48.7 Å². The average Bonchev–Trinajstić information content (AvgIpc) is 2.85. The Labute approximate surface area is 156 Å². The molecule has 0 unspecified atom stereocenters. The van der Waals surface area contributed by atoms with Crippen LogP contribution in [-0.4, -0.2) is 62.2 Å². The lowest BCUT2D eigenvalue weighted by molar-refractivity contribution is 0.0756. The molecule has 1 fully saturated rings. The van der Waals surface area contributed by atoms with E-state index in [9.17, 15) is 9.59 Å². The van der Waals surface area contributed by atoms with E-state index < -0.39 is 0 Å². The molecule has 6 heteroatoms. The molecule has 0 atom stereocenters. The molecule has 6 nitrogen and oxygen atoms in total. The van der Waals surface area contributed by atoms with Crippen molar-refractivity contribution in [3.63, 3.8) is 0 Å². The summed E-state index contributed by atoms with van der Waals surface area (Å²) in [6.07, 6.45) is 0.400. The Hall–Kier alpha value is -2.24. The first-order valence-corrected chi connectivity index (χ1v) is 9.00. The molecule has 2 rings (SSSR count). The second kappa shape index (κ2) is 7.98. The summed E-state index contributed by atoms with van der Waals surface area (Å²) in [6, 6.07) is 3.89. The van der Waals surface area contributed by atoms with Crippen molar-refractivity contribution in [1.29, 1.82) is 0 Å². The van der Waals surface area contributed by atoms with Crippen LogP contribution < -0.4 is 4.74 Å². The largest absolute Gasteiger partial charge is 0.496 e. The smallest absolute Gasteiger partial charge is 0.409 e. The molecule has 144 valence electrons. The van der Waals surface area contributed by atoms with Gasteiger partial charge >= 0.3 is 6.09 Å². The van der Waals surface area contributed by atoms with Crippen molar-refractivity contribution >= 4 is 12.0 Å². The maximum absolute atomic E-state index is 13.1. The van der Waals surface area contributed by atoms with Gasteiger partial charge in [-0.3, -0.25) is 4.79 Å². The molecule has 2 amide bonds. The van der Waals surface area contributed by atoms with Gasteiger partial charge in [0.25, 0.3) is 5.91 Å². The zero-order valence-electron chi connectivity index (χ0n) is 16.7. The first-order valence-electron chi connectivity index (χ1n) is 9.00. The number of amides is 2. The molecule has 0 aliphatic carbocycles. The van der Waals surface area contributed by atoms with Gasteiger partial charge < -0.3 is 19.3 Å². The van der Waals surface area contributed by atoms with Crippen LogP contribution in [-0.2, 0) is 10.2 Å². The van der Waals surface area contributed by atoms with Crippen LogP contribution in [0, 0.1) is 6.92 Å². The van der Waals surface area contributed by atoms with Gasteiger partial charge in [-0.15, -0.1) is 0 Å². The Bertz CT molecular complexity index is 679. The summed E-state index contributed by atoms with van der Waals surface area (Å²) < 4.78 is 10.3. The molecule has 1 aliphatic rings. The van der Waals surface area contributed by atoms with Crippen LogP contribution in [0.5, 0.6) is 5.75 Å². The fraction of sp³-hybridized carbons (Fsp3) is 0.600. The van der Waals surface area contributed by atoms with Gasteiger partial charge in [-0.25, -0.2) is 4.79 Å². The van der Waals surface area contributed by atoms with Crippen molar-refractivity contribution in [2.24, 2.45) is 0 Å². The Kier molecular flexibility index (Phi) is 6.16. The summed E-state index contributed by atoms with van der Waals surface area (Å²) >= 11 is 0. The van der Waals surface area contributed by atoms with E-state index in [1.165, 1.54) is 7.11 Å². The number of benzene rings is 1. The van der Waals surface area contributed by atoms with E-state index in [0.717, 1.165) is 23.3 Å². The Morgan fingerprint density at radius 1 is 1.00 bits per heavy atom. The van der Waals surface area contributed by atoms with Crippen molar-refractivity contribution in [2.75, 3.05) is 40.4 Å². The third-order valence-electron chi connectivity index (χ3n) is 4.80. The quantitative estimate of drug-likeness (QED) is 0.810. The highest BCUT2D eigenvalue weighted by atomic mass is 16.5. The summed E-state index contributed by atoms with van der Waals surface area (Å²) in [4.78, 5) is 28.4. The molecule has 1 aromatic rings. The average molecular weight is 362 g/mol. The maximum atomic E-state index is 13.1. The lowest BCUT2D eigenvalue weighted by Crippen LogP contribution is -2.37. The second-order valence-corrected chi connectivity index (χ2v) is 7.72. The molecule has 1 heterocycles. The third-order valence-corrected chi connectivity index (χ3v) is 4.80. The Balaban J connectivity index is 2.28. The van der Waals surface area contributed by atoms with Crippen LogP contribution in [0.15, 0.2) is 12.1 Å². The number of ether oxygens (including phenoxy) is 2. The molecule has 0 spiro atoms. The Morgan fingerprint density at radius 2 is 1.62 bits per heavy atom. The zero-order chi connectivity index (χ0) is 19.5. The zero-order valence-corrected chi connectivity index (χ0v) is 16.7. The normalized spacial score (nSPS) is 15.5. The number of rotatable bonds is 2. The van der Waals surface area contributed by atoms with Gasteiger partial charge in [0.1, 0.15) is 5.75 Å². The molecule has 0 saturated carbocycles. The van der Waals surface area contributed by atoms with Gasteiger partial charge in [-0.05, 0) is 36.5 Å². The molecule has 0 N–H and O–H groups in total. The summed E-state index contributed by atoms with van der Waals surface area (Å²) in [5.41, 5.74) is 2.48. The molecule has 1 aromatic carbocycles. The summed E-state index contributed by atoms with van der Waals surface area (Å²) in [5.74, 6) is 0.807. The Morgan fingerprint density at radius 3 is 2.19 bits per heavy atom. The van der Waals surface area contributed by atoms with Crippen LogP contribution in [0.4, 0.5) is 4.79 Å². The van der Waals surface area contributed by atoms with Crippen molar-refractivity contribution in [1.82, 2.24) is 9.80 Å². The van der Waals surface area contributed by atoms with Crippen molar-refractivity contribution in [3.05, 3.63) is 28.8 Å². The van der Waals surface area contributed by atoms with Gasteiger partial charge in [0.2, 0.25) is 0 Å². The molecule has 0 radical (unpaired) electrons. The minimum Gasteiger partial charge on any atom is -0.496 e. The highest BCUT2D eigenvalue weighted by Crippen LogP contribution is 2.34.